The summed E-state index contributed by atoms with van der Waals surface area (Å²) in [6.45, 7) is -0.350. The third kappa shape index (κ3) is 3.73. The largest absolute Gasteiger partial charge is 0.493 e. The summed E-state index contributed by atoms with van der Waals surface area (Å²) in [5.41, 5.74) is 16.1. The van der Waals surface area contributed by atoms with E-state index < -0.39 is 17.9 Å². The molecule has 7 nitrogen and oxygen atoms in total. The van der Waals surface area contributed by atoms with Crippen LogP contribution in [0.2, 0.25) is 5.02 Å². The third-order valence-electron chi connectivity index (χ3n) is 2.28. The Morgan fingerprint density at radius 3 is 2.47 bits per heavy atom. The Balaban J connectivity index is 3.14. The second-order valence-electron chi connectivity index (χ2n) is 3.67. The van der Waals surface area contributed by atoms with Gasteiger partial charge in [0.15, 0.2) is 18.1 Å². The lowest BCUT2D eigenvalue weighted by atomic mass is 10.1. The fourth-order valence-corrected chi connectivity index (χ4v) is 1.64. The first-order valence-electron chi connectivity index (χ1n) is 5.20. The van der Waals surface area contributed by atoms with E-state index in [1.165, 1.54) is 19.2 Å². The Morgan fingerprint density at radius 2 is 2.00 bits per heavy atom. The minimum absolute atomic E-state index is 0.132. The van der Waals surface area contributed by atoms with E-state index in [2.05, 4.69) is 0 Å². The predicted octanol–water partition coefficient (Wildman–Crippen LogP) is -0.302. The molecular formula is C11H14ClN3O4. The van der Waals surface area contributed by atoms with Crippen LogP contribution in [0.1, 0.15) is 11.6 Å². The van der Waals surface area contributed by atoms with Crippen molar-refractivity contribution >= 4 is 23.4 Å². The molecule has 0 aromatic heterocycles. The number of benzene rings is 1. The van der Waals surface area contributed by atoms with Gasteiger partial charge in [-0.05, 0) is 17.7 Å². The zero-order valence-electron chi connectivity index (χ0n) is 10.2. The number of ether oxygens (including phenoxy) is 2. The first kappa shape index (κ1) is 15.1. The quantitative estimate of drug-likeness (QED) is 0.661. The molecule has 19 heavy (non-hydrogen) atoms. The van der Waals surface area contributed by atoms with E-state index in [4.69, 9.17) is 38.3 Å². The maximum Gasteiger partial charge on any atom is 0.255 e. The number of methoxy groups -OCH3 is 1. The van der Waals surface area contributed by atoms with Crippen LogP contribution in [-0.2, 0) is 9.59 Å². The summed E-state index contributed by atoms with van der Waals surface area (Å²) in [7, 11) is 1.38. The molecule has 1 unspecified atom stereocenters. The Hall–Kier alpha value is -1.99. The van der Waals surface area contributed by atoms with E-state index in [0.29, 0.717) is 5.56 Å². The summed E-state index contributed by atoms with van der Waals surface area (Å²) in [4.78, 5) is 21.7. The summed E-state index contributed by atoms with van der Waals surface area (Å²) >= 11 is 5.98. The van der Waals surface area contributed by atoms with Gasteiger partial charge < -0.3 is 26.7 Å². The molecule has 0 aliphatic heterocycles. The van der Waals surface area contributed by atoms with Gasteiger partial charge >= 0.3 is 0 Å². The molecule has 0 bridgehead atoms. The van der Waals surface area contributed by atoms with Crippen molar-refractivity contribution in [2.75, 3.05) is 13.7 Å². The number of halogens is 1. The fraction of sp³-hybridized carbons (Fsp3) is 0.273. The molecule has 6 N–H and O–H groups in total. The van der Waals surface area contributed by atoms with E-state index in [1.54, 1.807) is 0 Å². The summed E-state index contributed by atoms with van der Waals surface area (Å²) in [5.74, 6) is -0.996. The molecule has 0 radical (unpaired) electrons. The zero-order valence-corrected chi connectivity index (χ0v) is 10.9. The highest BCUT2D eigenvalue weighted by molar-refractivity contribution is 6.32. The van der Waals surface area contributed by atoms with Crippen molar-refractivity contribution in [3.8, 4) is 11.5 Å². The second kappa shape index (κ2) is 6.26. The van der Waals surface area contributed by atoms with Crippen molar-refractivity contribution in [3.63, 3.8) is 0 Å². The summed E-state index contributed by atoms with van der Waals surface area (Å²) < 4.78 is 10.2. The van der Waals surface area contributed by atoms with Gasteiger partial charge in [0.2, 0.25) is 5.91 Å². The van der Waals surface area contributed by atoms with E-state index >= 15 is 0 Å². The maximum atomic E-state index is 11.0. The normalized spacial score (nSPS) is 11.7. The highest BCUT2D eigenvalue weighted by Gasteiger charge is 2.18. The van der Waals surface area contributed by atoms with Gasteiger partial charge in [0.1, 0.15) is 6.04 Å². The molecule has 1 aromatic carbocycles. The van der Waals surface area contributed by atoms with Gasteiger partial charge in [0.25, 0.3) is 5.91 Å². The minimum atomic E-state index is -1.02. The molecule has 8 heteroatoms. The Labute approximate surface area is 114 Å². The van der Waals surface area contributed by atoms with Crippen molar-refractivity contribution in [3.05, 3.63) is 22.7 Å². The van der Waals surface area contributed by atoms with E-state index in [0.717, 1.165) is 0 Å². The number of rotatable bonds is 6. The fourth-order valence-electron chi connectivity index (χ4n) is 1.37. The number of primary amides is 2. The monoisotopic (exact) mass is 287 g/mol. The van der Waals surface area contributed by atoms with Crippen LogP contribution in [0.4, 0.5) is 0 Å². The van der Waals surface area contributed by atoms with Crippen molar-refractivity contribution in [2.45, 2.75) is 6.04 Å². The van der Waals surface area contributed by atoms with Crippen LogP contribution in [0.3, 0.4) is 0 Å². The number of carbonyl (C=O) groups excluding carboxylic acids is 2. The molecule has 1 rings (SSSR count). The molecule has 2 amide bonds. The van der Waals surface area contributed by atoms with Crippen LogP contribution in [0, 0.1) is 0 Å². The molecule has 0 saturated heterocycles. The standard InChI is InChI=1S/C11H14ClN3O4/c1-18-7-3-5(9(14)11(15)17)2-6(12)10(7)19-4-8(13)16/h2-3,9H,4,14H2,1H3,(H2,13,16)(H2,15,17). The SMILES string of the molecule is COc1cc(C(N)C(N)=O)cc(Cl)c1OCC(N)=O. The lowest BCUT2D eigenvalue weighted by molar-refractivity contribution is -0.120. The Morgan fingerprint density at radius 1 is 1.37 bits per heavy atom. The first-order valence-corrected chi connectivity index (χ1v) is 5.58. The highest BCUT2D eigenvalue weighted by Crippen LogP contribution is 2.37. The first-order chi connectivity index (χ1) is 8.86. The van der Waals surface area contributed by atoms with E-state index in [-0.39, 0.29) is 23.1 Å². The number of hydrogen-bond donors (Lipinski definition) is 3. The summed E-state index contributed by atoms with van der Waals surface area (Å²) in [6.07, 6.45) is 0. The van der Waals surface area contributed by atoms with Gasteiger partial charge in [-0.3, -0.25) is 9.59 Å². The van der Waals surface area contributed by atoms with Gasteiger partial charge in [-0.15, -0.1) is 0 Å². The number of nitrogens with two attached hydrogens (primary N) is 3. The lowest BCUT2D eigenvalue weighted by Gasteiger charge is -2.15. The molecule has 0 saturated carbocycles. The van der Waals surface area contributed by atoms with E-state index in [9.17, 15) is 9.59 Å². The molecule has 0 spiro atoms. The molecular weight excluding hydrogens is 274 g/mol. The zero-order chi connectivity index (χ0) is 14.6. The molecule has 1 atom stereocenters. The maximum absolute atomic E-state index is 11.0. The topological polar surface area (TPSA) is 131 Å². The smallest absolute Gasteiger partial charge is 0.255 e. The van der Waals surface area contributed by atoms with Crippen molar-refractivity contribution in [1.82, 2.24) is 0 Å². The van der Waals surface area contributed by atoms with Crippen LogP contribution >= 0.6 is 11.6 Å². The molecule has 0 heterocycles. The van der Waals surface area contributed by atoms with Crippen LogP contribution in [0.25, 0.3) is 0 Å². The number of hydrogen-bond acceptors (Lipinski definition) is 5. The van der Waals surface area contributed by atoms with Gasteiger partial charge in [-0.1, -0.05) is 11.6 Å². The van der Waals surface area contributed by atoms with E-state index in [1.807, 2.05) is 0 Å². The molecule has 0 aliphatic rings. The Kier molecular flexibility index (Phi) is 4.96. The highest BCUT2D eigenvalue weighted by atomic mass is 35.5. The van der Waals surface area contributed by atoms with Gasteiger partial charge in [-0.2, -0.15) is 0 Å². The Bertz CT molecular complexity index is 507. The molecule has 0 aliphatic carbocycles. The molecule has 104 valence electrons. The van der Waals surface area contributed by atoms with Crippen LogP contribution in [0.5, 0.6) is 11.5 Å². The lowest BCUT2D eigenvalue weighted by Crippen LogP contribution is -2.28. The molecule has 1 aromatic rings. The minimum Gasteiger partial charge on any atom is -0.493 e. The average Bonchev–Trinajstić information content (AvgIpc) is 2.34. The van der Waals surface area contributed by atoms with Crippen LogP contribution in [0.15, 0.2) is 12.1 Å². The van der Waals surface area contributed by atoms with Gasteiger partial charge in [0.05, 0.1) is 12.1 Å². The average molecular weight is 288 g/mol. The van der Waals surface area contributed by atoms with Crippen molar-refractivity contribution < 1.29 is 19.1 Å². The van der Waals surface area contributed by atoms with Crippen LogP contribution < -0.4 is 26.7 Å². The summed E-state index contributed by atoms with van der Waals surface area (Å²) in [6, 6.07) is 1.85. The van der Waals surface area contributed by atoms with Gasteiger partial charge in [0, 0.05) is 0 Å². The molecule has 0 fully saturated rings. The number of carbonyl (C=O) groups is 2. The van der Waals surface area contributed by atoms with Crippen LogP contribution in [-0.4, -0.2) is 25.5 Å². The second-order valence-corrected chi connectivity index (χ2v) is 4.08. The summed E-state index contributed by atoms with van der Waals surface area (Å²) in [5, 5.41) is 0.132. The van der Waals surface area contributed by atoms with Crippen molar-refractivity contribution in [2.24, 2.45) is 17.2 Å². The van der Waals surface area contributed by atoms with Crippen molar-refractivity contribution in [1.29, 1.82) is 0 Å². The predicted molar refractivity (Wildman–Crippen MR) is 68.8 cm³/mol. The number of amides is 2. The van der Waals surface area contributed by atoms with Gasteiger partial charge in [-0.25, -0.2) is 0 Å². The third-order valence-corrected chi connectivity index (χ3v) is 2.56.